The average Bonchev–Trinajstić information content (AvgIpc) is 2.03. The van der Waals surface area contributed by atoms with Gasteiger partial charge in [-0.3, -0.25) is 0 Å². The quantitative estimate of drug-likeness (QED) is 0.729. The van der Waals surface area contributed by atoms with E-state index in [-0.39, 0.29) is 31.4 Å². The van der Waals surface area contributed by atoms with Crippen molar-refractivity contribution in [2.45, 2.75) is 25.1 Å². The van der Waals surface area contributed by atoms with Gasteiger partial charge in [-0.05, 0) is 25.3 Å². The molecule has 0 aliphatic carbocycles. The van der Waals surface area contributed by atoms with Crippen LogP contribution in [0.25, 0.3) is 0 Å². The van der Waals surface area contributed by atoms with Gasteiger partial charge in [0.15, 0.2) is 6.10 Å². The van der Waals surface area contributed by atoms with Crippen LogP contribution in [0.2, 0.25) is 0 Å². The van der Waals surface area contributed by atoms with Crippen molar-refractivity contribution in [1.29, 1.82) is 0 Å². The molecular weight excluding hydrogens is 207 g/mol. The summed E-state index contributed by atoms with van der Waals surface area (Å²) in [5.41, 5.74) is 5.30. The van der Waals surface area contributed by atoms with Gasteiger partial charge in [0.25, 0.3) is 0 Å². The van der Waals surface area contributed by atoms with E-state index in [1.807, 2.05) is 0 Å². The predicted molar refractivity (Wildman–Crippen MR) is 44.8 cm³/mol. The summed E-state index contributed by atoms with van der Waals surface area (Å²) in [6.07, 6.45) is -5.22. The van der Waals surface area contributed by atoms with E-state index < -0.39 is 12.3 Å². The lowest BCUT2D eigenvalue weighted by molar-refractivity contribution is -0.235. The highest BCUT2D eigenvalue weighted by molar-refractivity contribution is 5.85. The molecule has 6 heteroatoms. The van der Waals surface area contributed by atoms with Gasteiger partial charge in [0.2, 0.25) is 0 Å². The van der Waals surface area contributed by atoms with Crippen molar-refractivity contribution in [2.75, 3.05) is 13.2 Å². The first-order valence-corrected chi connectivity index (χ1v) is 3.92. The van der Waals surface area contributed by atoms with E-state index in [2.05, 4.69) is 4.74 Å². The SMILES string of the molecule is Cl.NC[C@H]1CC[C@H](C(F)(F)F)OC1. The van der Waals surface area contributed by atoms with Gasteiger partial charge in [-0.1, -0.05) is 0 Å². The van der Waals surface area contributed by atoms with Crippen LogP contribution in [0.3, 0.4) is 0 Å². The molecule has 2 atom stereocenters. The second-order valence-electron chi connectivity index (χ2n) is 3.04. The standard InChI is InChI=1S/C7H12F3NO.ClH/c8-7(9,10)6-2-1-5(3-11)4-12-6;/h5-6H,1-4,11H2;1H/t5-,6-;/m1./s1. The molecule has 0 bridgehead atoms. The van der Waals surface area contributed by atoms with Crippen molar-refractivity contribution < 1.29 is 17.9 Å². The minimum atomic E-state index is -4.21. The molecule has 0 amide bonds. The van der Waals surface area contributed by atoms with E-state index in [0.717, 1.165) is 0 Å². The summed E-state index contributed by atoms with van der Waals surface area (Å²) >= 11 is 0. The van der Waals surface area contributed by atoms with Crippen molar-refractivity contribution in [3.63, 3.8) is 0 Å². The molecule has 0 aromatic rings. The van der Waals surface area contributed by atoms with Crippen molar-refractivity contribution in [1.82, 2.24) is 0 Å². The van der Waals surface area contributed by atoms with Gasteiger partial charge < -0.3 is 10.5 Å². The molecule has 0 aromatic heterocycles. The first kappa shape index (κ1) is 13.0. The Bertz CT molecular complexity index is 145. The Balaban J connectivity index is 0.00000144. The fourth-order valence-electron chi connectivity index (χ4n) is 1.25. The summed E-state index contributed by atoms with van der Waals surface area (Å²) in [4.78, 5) is 0. The second kappa shape index (κ2) is 5.02. The van der Waals surface area contributed by atoms with Crippen LogP contribution < -0.4 is 5.73 Å². The summed E-state index contributed by atoms with van der Waals surface area (Å²) in [7, 11) is 0. The van der Waals surface area contributed by atoms with E-state index in [1.165, 1.54) is 0 Å². The molecule has 1 rings (SSSR count). The van der Waals surface area contributed by atoms with Crippen LogP contribution in [-0.4, -0.2) is 25.4 Å². The van der Waals surface area contributed by atoms with Crippen LogP contribution in [0.1, 0.15) is 12.8 Å². The molecular formula is C7H13ClF3NO. The number of hydrogen-bond donors (Lipinski definition) is 1. The van der Waals surface area contributed by atoms with Gasteiger partial charge in [0.1, 0.15) is 0 Å². The van der Waals surface area contributed by atoms with E-state index in [9.17, 15) is 13.2 Å². The highest BCUT2D eigenvalue weighted by Gasteiger charge is 2.42. The van der Waals surface area contributed by atoms with Crippen LogP contribution >= 0.6 is 12.4 Å². The van der Waals surface area contributed by atoms with Gasteiger partial charge in [0.05, 0.1) is 6.61 Å². The molecule has 1 heterocycles. The normalized spacial score (nSPS) is 29.5. The van der Waals surface area contributed by atoms with Crippen molar-refractivity contribution in [3.8, 4) is 0 Å². The van der Waals surface area contributed by atoms with Crippen LogP contribution in [0.15, 0.2) is 0 Å². The van der Waals surface area contributed by atoms with Gasteiger partial charge in [0, 0.05) is 0 Å². The molecule has 13 heavy (non-hydrogen) atoms. The van der Waals surface area contributed by atoms with Gasteiger partial charge >= 0.3 is 6.18 Å². The van der Waals surface area contributed by atoms with E-state index in [4.69, 9.17) is 5.73 Å². The Hall–Kier alpha value is -0.0000000000000000486. The zero-order valence-corrected chi connectivity index (χ0v) is 7.83. The number of rotatable bonds is 1. The maximum absolute atomic E-state index is 12.0. The van der Waals surface area contributed by atoms with Crippen molar-refractivity contribution >= 4 is 12.4 Å². The molecule has 2 nitrogen and oxygen atoms in total. The summed E-state index contributed by atoms with van der Waals surface area (Å²) < 4.78 is 40.7. The van der Waals surface area contributed by atoms with Gasteiger partial charge in [-0.15, -0.1) is 12.4 Å². The smallest absolute Gasteiger partial charge is 0.368 e. The summed E-state index contributed by atoms with van der Waals surface area (Å²) in [6, 6.07) is 0. The van der Waals surface area contributed by atoms with Crippen molar-refractivity contribution in [3.05, 3.63) is 0 Å². The first-order chi connectivity index (χ1) is 5.54. The molecule has 0 spiro atoms. The highest BCUT2D eigenvalue weighted by atomic mass is 35.5. The molecule has 1 fully saturated rings. The largest absolute Gasteiger partial charge is 0.414 e. The topological polar surface area (TPSA) is 35.2 Å². The lowest BCUT2D eigenvalue weighted by atomic mass is 9.98. The third-order valence-corrected chi connectivity index (χ3v) is 2.07. The van der Waals surface area contributed by atoms with Gasteiger partial charge in [-0.2, -0.15) is 13.2 Å². The Morgan fingerprint density at radius 1 is 1.31 bits per heavy atom. The fourth-order valence-corrected chi connectivity index (χ4v) is 1.25. The van der Waals surface area contributed by atoms with Crippen LogP contribution in [0, 0.1) is 5.92 Å². The molecule has 1 aliphatic rings. The minimum Gasteiger partial charge on any atom is -0.368 e. The molecule has 80 valence electrons. The van der Waals surface area contributed by atoms with Crippen LogP contribution in [0.5, 0.6) is 0 Å². The number of ether oxygens (including phenoxy) is 1. The lowest BCUT2D eigenvalue weighted by Gasteiger charge is -2.29. The first-order valence-electron chi connectivity index (χ1n) is 3.92. The van der Waals surface area contributed by atoms with E-state index in [0.29, 0.717) is 13.0 Å². The van der Waals surface area contributed by atoms with Crippen LogP contribution in [0.4, 0.5) is 13.2 Å². The maximum atomic E-state index is 12.0. The average molecular weight is 220 g/mol. The monoisotopic (exact) mass is 219 g/mol. The molecule has 0 saturated carbocycles. The summed E-state index contributed by atoms with van der Waals surface area (Å²) in [6.45, 7) is 0.547. The summed E-state index contributed by atoms with van der Waals surface area (Å²) in [5, 5.41) is 0. The number of hydrogen-bond acceptors (Lipinski definition) is 2. The zero-order chi connectivity index (χ0) is 9.19. The van der Waals surface area contributed by atoms with Gasteiger partial charge in [-0.25, -0.2) is 0 Å². The number of nitrogens with two attached hydrogens (primary N) is 1. The minimum absolute atomic E-state index is 0. The lowest BCUT2D eigenvalue weighted by Crippen LogP contribution is -2.39. The predicted octanol–water partition coefficient (Wildman–Crippen LogP) is 1.72. The molecule has 1 saturated heterocycles. The Kier molecular flexibility index (Phi) is 5.02. The molecule has 0 radical (unpaired) electrons. The third-order valence-electron chi connectivity index (χ3n) is 2.07. The number of alkyl halides is 3. The zero-order valence-electron chi connectivity index (χ0n) is 7.01. The number of halogens is 4. The second-order valence-corrected chi connectivity index (χ2v) is 3.04. The third kappa shape index (κ3) is 3.70. The van der Waals surface area contributed by atoms with E-state index in [1.54, 1.807) is 0 Å². The van der Waals surface area contributed by atoms with Crippen molar-refractivity contribution in [2.24, 2.45) is 11.7 Å². The highest BCUT2D eigenvalue weighted by Crippen LogP contribution is 2.30. The van der Waals surface area contributed by atoms with E-state index >= 15 is 0 Å². The van der Waals surface area contributed by atoms with Crippen LogP contribution in [-0.2, 0) is 4.74 Å². The molecule has 0 aromatic carbocycles. The summed E-state index contributed by atoms with van der Waals surface area (Å²) in [5.74, 6) is 0.101. The molecule has 1 aliphatic heterocycles. The molecule has 2 N–H and O–H groups in total. The Labute approximate surface area is 81.0 Å². The maximum Gasteiger partial charge on any atom is 0.414 e. The Morgan fingerprint density at radius 2 is 1.92 bits per heavy atom. The molecule has 0 unspecified atom stereocenters. The fraction of sp³-hybridized carbons (Fsp3) is 1.00. The Morgan fingerprint density at radius 3 is 2.23 bits per heavy atom.